The average Bonchev–Trinajstić information content (AvgIpc) is 2.49. The molecule has 16 heavy (non-hydrogen) atoms. The number of aromatic nitrogens is 2. The maximum Gasteiger partial charge on any atom is 0.0628 e. The molecule has 0 saturated carbocycles. The third-order valence-electron chi connectivity index (χ3n) is 3.00. The Kier molecular flexibility index (Phi) is 4.53. The van der Waals surface area contributed by atoms with Crippen molar-refractivity contribution in [3.63, 3.8) is 0 Å². The zero-order valence-electron chi connectivity index (χ0n) is 10.2. The molecule has 0 aliphatic rings. The van der Waals surface area contributed by atoms with Crippen molar-refractivity contribution in [1.82, 2.24) is 15.2 Å². The molecule has 88 valence electrons. The minimum absolute atomic E-state index is 0.184. The van der Waals surface area contributed by atoms with Gasteiger partial charge in [0.1, 0.15) is 0 Å². The first kappa shape index (κ1) is 12.8. The lowest BCUT2D eigenvalue weighted by atomic mass is 10.0. The summed E-state index contributed by atoms with van der Waals surface area (Å²) in [6, 6.07) is 0.184. The molecule has 0 bridgehead atoms. The SMILES string of the molecule is C#CCC(CCc1c(C)nn(C)c1C)NN. The van der Waals surface area contributed by atoms with Crippen LogP contribution in [0.1, 0.15) is 29.8 Å². The normalized spacial score (nSPS) is 12.4. The van der Waals surface area contributed by atoms with Crippen molar-refractivity contribution in [3.8, 4) is 12.3 Å². The number of hydrogen-bond donors (Lipinski definition) is 2. The van der Waals surface area contributed by atoms with Crippen LogP contribution in [0.25, 0.3) is 0 Å². The Morgan fingerprint density at radius 2 is 2.25 bits per heavy atom. The van der Waals surface area contributed by atoms with Gasteiger partial charge in [-0.2, -0.15) is 5.10 Å². The lowest BCUT2D eigenvalue weighted by Gasteiger charge is -2.12. The van der Waals surface area contributed by atoms with Gasteiger partial charge in [0, 0.05) is 25.2 Å². The van der Waals surface area contributed by atoms with E-state index in [1.54, 1.807) is 0 Å². The molecule has 4 heteroatoms. The molecule has 1 rings (SSSR count). The van der Waals surface area contributed by atoms with E-state index in [0.29, 0.717) is 6.42 Å². The average molecular weight is 220 g/mol. The van der Waals surface area contributed by atoms with E-state index in [4.69, 9.17) is 12.3 Å². The predicted molar refractivity (Wildman–Crippen MR) is 65.6 cm³/mol. The second-order valence-electron chi connectivity index (χ2n) is 4.08. The minimum Gasteiger partial charge on any atom is -0.272 e. The molecule has 1 aromatic heterocycles. The summed E-state index contributed by atoms with van der Waals surface area (Å²) in [4.78, 5) is 0. The summed E-state index contributed by atoms with van der Waals surface area (Å²) in [5.41, 5.74) is 6.37. The largest absolute Gasteiger partial charge is 0.272 e. The van der Waals surface area contributed by atoms with Crippen molar-refractivity contribution < 1.29 is 0 Å². The van der Waals surface area contributed by atoms with Crippen LogP contribution in [0.4, 0.5) is 0 Å². The molecule has 1 heterocycles. The fraction of sp³-hybridized carbons (Fsp3) is 0.583. The quantitative estimate of drug-likeness (QED) is 0.439. The van der Waals surface area contributed by atoms with E-state index < -0.39 is 0 Å². The molecular formula is C12H20N4. The Hall–Kier alpha value is -1.31. The van der Waals surface area contributed by atoms with Crippen molar-refractivity contribution in [2.75, 3.05) is 0 Å². The van der Waals surface area contributed by atoms with Gasteiger partial charge in [-0.05, 0) is 32.3 Å². The zero-order valence-corrected chi connectivity index (χ0v) is 10.2. The first-order valence-corrected chi connectivity index (χ1v) is 5.48. The summed E-state index contributed by atoms with van der Waals surface area (Å²) >= 11 is 0. The molecule has 0 saturated heterocycles. The number of terminal acetylenes is 1. The molecule has 1 atom stereocenters. The monoisotopic (exact) mass is 220 g/mol. The van der Waals surface area contributed by atoms with Gasteiger partial charge in [0.2, 0.25) is 0 Å². The molecule has 0 amide bonds. The predicted octanol–water partition coefficient (Wildman–Crippen LogP) is 0.825. The van der Waals surface area contributed by atoms with Crippen molar-refractivity contribution in [2.24, 2.45) is 12.9 Å². The summed E-state index contributed by atoms with van der Waals surface area (Å²) in [6.45, 7) is 4.12. The van der Waals surface area contributed by atoms with Crippen LogP contribution < -0.4 is 11.3 Å². The highest BCUT2D eigenvalue weighted by Gasteiger charge is 2.11. The van der Waals surface area contributed by atoms with E-state index >= 15 is 0 Å². The van der Waals surface area contributed by atoms with Crippen LogP contribution in [-0.2, 0) is 13.5 Å². The van der Waals surface area contributed by atoms with Gasteiger partial charge in [-0.25, -0.2) is 0 Å². The van der Waals surface area contributed by atoms with E-state index in [-0.39, 0.29) is 6.04 Å². The highest BCUT2D eigenvalue weighted by atomic mass is 15.3. The number of aryl methyl sites for hydroxylation is 2. The van der Waals surface area contributed by atoms with E-state index in [0.717, 1.165) is 18.5 Å². The van der Waals surface area contributed by atoms with Gasteiger partial charge in [-0.3, -0.25) is 16.0 Å². The fourth-order valence-corrected chi connectivity index (χ4v) is 1.88. The van der Waals surface area contributed by atoms with Gasteiger partial charge in [0.05, 0.1) is 5.69 Å². The molecule has 1 aromatic rings. The summed E-state index contributed by atoms with van der Waals surface area (Å²) in [5.74, 6) is 8.06. The van der Waals surface area contributed by atoms with E-state index in [2.05, 4.69) is 23.4 Å². The molecule has 1 unspecified atom stereocenters. The van der Waals surface area contributed by atoms with Gasteiger partial charge < -0.3 is 0 Å². The van der Waals surface area contributed by atoms with E-state index in [1.165, 1.54) is 11.3 Å². The standard InChI is InChI=1S/C12H20N4/c1-5-6-11(14-13)7-8-12-9(2)15-16(4)10(12)3/h1,11,14H,6-8,13H2,2-4H3. The van der Waals surface area contributed by atoms with Crippen LogP contribution in [0, 0.1) is 26.2 Å². The van der Waals surface area contributed by atoms with Gasteiger partial charge in [-0.1, -0.05) is 0 Å². The Balaban J connectivity index is 2.64. The highest BCUT2D eigenvalue weighted by molar-refractivity contribution is 5.24. The Labute approximate surface area is 97.2 Å². The van der Waals surface area contributed by atoms with Crippen molar-refractivity contribution in [1.29, 1.82) is 0 Å². The van der Waals surface area contributed by atoms with Crippen LogP contribution in [-0.4, -0.2) is 15.8 Å². The summed E-state index contributed by atoms with van der Waals surface area (Å²) in [7, 11) is 1.96. The summed E-state index contributed by atoms with van der Waals surface area (Å²) in [6.07, 6.45) is 7.84. The number of hydrazine groups is 1. The number of nitrogens with two attached hydrogens (primary N) is 1. The smallest absolute Gasteiger partial charge is 0.0628 e. The Morgan fingerprint density at radius 1 is 1.56 bits per heavy atom. The zero-order chi connectivity index (χ0) is 12.1. The first-order valence-electron chi connectivity index (χ1n) is 5.48. The van der Waals surface area contributed by atoms with Gasteiger partial charge in [0.25, 0.3) is 0 Å². The summed E-state index contributed by atoms with van der Waals surface area (Å²) in [5, 5.41) is 4.39. The number of nitrogens with zero attached hydrogens (tertiary/aromatic N) is 2. The molecule has 0 fully saturated rings. The third-order valence-corrected chi connectivity index (χ3v) is 3.00. The molecule has 4 nitrogen and oxygen atoms in total. The van der Waals surface area contributed by atoms with Crippen molar-refractivity contribution in [3.05, 3.63) is 17.0 Å². The minimum atomic E-state index is 0.184. The summed E-state index contributed by atoms with van der Waals surface area (Å²) < 4.78 is 1.91. The number of rotatable bonds is 5. The third kappa shape index (κ3) is 2.84. The number of nitrogens with one attached hydrogen (secondary N) is 1. The molecule has 0 aromatic carbocycles. The van der Waals surface area contributed by atoms with Gasteiger partial charge in [0.15, 0.2) is 0 Å². The lowest BCUT2D eigenvalue weighted by molar-refractivity contribution is 0.503. The molecular weight excluding hydrogens is 200 g/mol. The van der Waals surface area contributed by atoms with E-state index in [1.807, 2.05) is 18.7 Å². The second-order valence-corrected chi connectivity index (χ2v) is 4.08. The maximum absolute atomic E-state index is 5.44. The van der Waals surface area contributed by atoms with Crippen LogP contribution in [0.5, 0.6) is 0 Å². The molecule has 0 radical (unpaired) electrons. The van der Waals surface area contributed by atoms with Gasteiger partial charge in [-0.15, -0.1) is 12.3 Å². The van der Waals surface area contributed by atoms with Gasteiger partial charge >= 0.3 is 0 Å². The Bertz CT molecular complexity index is 386. The fourth-order valence-electron chi connectivity index (χ4n) is 1.88. The van der Waals surface area contributed by atoms with E-state index in [9.17, 15) is 0 Å². The number of hydrogen-bond acceptors (Lipinski definition) is 3. The van der Waals surface area contributed by atoms with Crippen LogP contribution in [0.15, 0.2) is 0 Å². The topological polar surface area (TPSA) is 55.9 Å². The maximum atomic E-state index is 5.44. The second kappa shape index (κ2) is 5.69. The first-order chi connectivity index (χ1) is 7.60. The Morgan fingerprint density at radius 3 is 2.69 bits per heavy atom. The van der Waals surface area contributed by atoms with Crippen LogP contribution in [0.3, 0.4) is 0 Å². The molecule has 0 aliphatic carbocycles. The molecule has 0 aliphatic heterocycles. The highest BCUT2D eigenvalue weighted by Crippen LogP contribution is 2.15. The lowest BCUT2D eigenvalue weighted by Crippen LogP contribution is -2.35. The molecule has 0 spiro atoms. The van der Waals surface area contributed by atoms with Crippen molar-refractivity contribution >= 4 is 0 Å². The molecule has 3 N–H and O–H groups in total. The van der Waals surface area contributed by atoms with Crippen LogP contribution in [0.2, 0.25) is 0 Å². The van der Waals surface area contributed by atoms with Crippen molar-refractivity contribution in [2.45, 2.75) is 39.2 Å². The van der Waals surface area contributed by atoms with Crippen LogP contribution >= 0.6 is 0 Å².